The number of anilines is 1. The van der Waals surface area contributed by atoms with Gasteiger partial charge in [0.1, 0.15) is 22.6 Å². The van der Waals surface area contributed by atoms with Crippen LogP contribution in [0.15, 0.2) is 17.8 Å². The second-order valence-electron chi connectivity index (χ2n) is 4.58. The Labute approximate surface area is 109 Å². The lowest BCUT2D eigenvalue weighted by molar-refractivity contribution is -0.0176. The van der Waals surface area contributed by atoms with E-state index in [9.17, 15) is 5.11 Å². The van der Waals surface area contributed by atoms with Crippen LogP contribution in [0.4, 0.5) is 5.82 Å². The molecule has 5 nitrogen and oxygen atoms in total. The van der Waals surface area contributed by atoms with E-state index in [1.165, 1.54) is 0 Å². The average Bonchev–Trinajstić information content (AvgIpc) is 2.95. The summed E-state index contributed by atoms with van der Waals surface area (Å²) in [4.78, 5) is 9.38. The first-order chi connectivity index (χ1) is 8.69. The molecule has 0 spiro atoms. The summed E-state index contributed by atoms with van der Waals surface area (Å²) in [5, 5.41) is 16.6. The molecule has 3 rings (SSSR count). The van der Waals surface area contributed by atoms with E-state index in [1.54, 1.807) is 17.7 Å². The van der Waals surface area contributed by atoms with E-state index in [1.807, 2.05) is 18.4 Å². The summed E-state index contributed by atoms with van der Waals surface area (Å²) < 4.78 is 5.41. The van der Waals surface area contributed by atoms with Gasteiger partial charge in [0.2, 0.25) is 0 Å². The SMILES string of the molecule is CC1OCCC1(O)CNc1ncnc2sccc12. The highest BCUT2D eigenvalue weighted by molar-refractivity contribution is 7.16. The quantitative estimate of drug-likeness (QED) is 0.883. The molecule has 0 radical (unpaired) electrons. The Morgan fingerprint density at radius 1 is 1.61 bits per heavy atom. The van der Waals surface area contributed by atoms with Gasteiger partial charge in [0.25, 0.3) is 0 Å². The number of thiophene rings is 1. The molecule has 2 aromatic heterocycles. The Morgan fingerprint density at radius 3 is 3.28 bits per heavy atom. The Bertz CT molecular complexity index is 559. The van der Waals surface area contributed by atoms with E-state index >= 15 is 0 Å². The van der Waals surface area contributed by atoms with Crippen LogP contribution >= 0.6 is 11.3 Å². The van der Waals surface area contributed by atoms with Crippen molar-refractivity contribution >= 4 is 27.4 Å². The van der Waals surface area contributed by atoms with Crippen LogP contribution in [0.25, 0.3) is 10.2 Å². The van der Waals surface area contributed by atoms with Gasteiger partial charge >= 0.3 is 0 Å². The molecule has 96 valence electrons. The first-order valence-corrected chi connectivity index (χ1v) is 6.83. The Hall–Kier alpha value is -1.24. The number of aliphatic hydroxyl groups is 1. The van der Waals surface area contributed by atoms with Crippen molar-refractivity contribution in [2.45, 2.75) is 25.0 Å². The molecule has 2 aromatic rings. The summed E-state index contributed by atoms with van der Waals surface area (Å²) in [6.45, 7) is 2.95. The largest absolute Gasteiger partial charge is 0.385 e. The molecule has 18 heavy (non-hydrogen) atoms. The second-order valence-corrected chi connectivity index (χ2v) is 5.48. The average molecular weight is 265 g/mol. The van der Waals surface area contributed by atoms with Gasteiger partial charge in [0.15, 0.2) is 0 Å². The molecule has 1 saturated heterocycles. The van der Waals surface area contributed by atoms with Crippen LogP contribution in [-0.2, 0) is 4.74 Å². The summed E-state index contributed by atoms with van der Waals surface area (Å²) in [5.41, 5.74) is -0.812. The van der Waals surface area contributed by atoms with E-state index in [2.05, 4.69) is 15.3 Å². The van der Waals surface area contributed by atoms with Crippen LogP contribution in [0.3, 0.4) is 0 Å². The molecule has 1 aliphatic heterocycles. The summed E-state index contributed by atoms with van der Waals surface area (Å²) in [5.74, 6) is 0.772. The van der Waals surface area contributed by atoms with Gasteiger partial charge in [-0.25, -0.2) is 9.97 Å². The van der Waals surface area contributed by atoms with E-state index in [0.717, 1.165) is 16.0 Å². The van der Waals surface area contributed by atoms with E-state index in [-0.39, 0.29) is 6.10 Å². The lowest BCUT2D eigenvalue weighted by atomic mass is 9.97. The van der Waals surface area contributed by atoms with Crippen LogP contribution in [0, 0.1) is 0 Å². The monoisotopic (exact) mass is 265 g/mol. The zero-order valence-corrected chi connectivity index (χ0v) is 10.9. The van der Waals surface area contributed by atoms with Gasteiger partial charge < -0.3 is 15.2 Å². The second kappa shape index (κ2) is 4.46. The molecule has 0 saturated carbocycles. The predicted octanol–water partition coefficient (Wildman–Crippen LogP) is 1.64. The van der Waals surface area contributed by atoms with Crippen molar-refractivity contribution in [3.05, 3.63) is 17.8 Å². The van der Waals surface area contributed by atoms with Crippen molar-refractivity contribution in [2.24, 2.45) is 0 Å². The number of aromatic nitrogens is 2. The van der Waals surface area contributed by atoms with Crippen molar-refractivity contribution < 1.29 is 9.84 Å². The minimum atomic E-state index is -0.812. The third-order valence-electron chi connectivity index (χ3n) is 3.48. The lowest BCUT2D eigenvalue weighted by Crippen LogP contribution is -2.43. The van der Waals surface area contributed by atoms with Crippen LogP contribution in [0.2, 0.25) is 0 Å². The van der Waals surface area contributed by atoms with Crippen LogP contribution < -0.4 is 5.32 Å². The van der Waals surface area contributed by atoms with Crippen molar-refractivity contribution in [3.63, 3.8) is 0 Å². The first kappa shape index (κ1) is 11.8. The number of nitrogens with one attached hydrogen (secondary N) is 1. The van der Waals surface area contributed by atoms with Crippen molar-refractivity contribution in [1.82, 2.24) is 9.97 Å². The highest BCUT2D eigenvalue weighted by Gasteiger charge is 2.39. The van der Waals surface area contributed by atoms with E-state index in [4.69, 9.17) is 4.74 Å². The molecule has 0 aromatic carbocycles. The molecule has 2 unspecified atom stereocenters. The molecule has 2 N–H and O–H groups in total. The molecule has 1 aliphatic rings. The van der Waals surface area contributed by atoms with Gasteiger partial charge in [0.05, 0.1) is 11.5 Å². The van der Waals surface area contributed by atoms with Gasteiger partial charge in [-0.3, -0.25) is 0 Å². The molecular weight excluding hydrogens is 250 g/mol. The molecule has 6 heteroatoms. The fourth-order valence-electron chi connectivity index (χ4n) is 2.17. The lowest BCUT2D eigenvalue weighted by Gasteiger charge is -2.26. The third-order valence-corrected chi connectivity index (χ3v) is 4.30. The number of fused-ring (bicyclic) bond motifs is 1. The molecule has 0 amide bonds. The first-order valence-electron chi connectivity index (χ1n) is 5.95. The fraction of sp³-hybridized carbons (Fsp3) is 0.500. The number of ether oxygens (including phenoxy) is 1. The number of rotatable bonds is 3. The summed E-state index contributed by atoms with van der Waals surface area (Å²) in [6.07, 6.45) is 2.04. The maximum absolute atomic E-state index is 10.4. The Balaban J connectivity index is 1.79. The van der Waals surface area contributed by atoms with Crippen LogP contribution in [0.5, 0.6) is 0 Å². The number of hydrogen-bond donors (Lipinski definition) is 2. The van der Waals surface area contributed by atoms with Crippen LogP contribution in [-0.4, -0.2) is 39.9 Å². The smallest absolute Gasteiger partial charge is 0.138 e. The van der Waals surface area contributed by atoms with Crippen molar-refractivity contribution in [3.8, 4) is 0 Å². The molecular formula is C12H15N3O2S. The Kier molecular flexibility index (Phi) is 2.93. The predicted molar refractivity (Wildman–Crippen MR) is 70.9 cm³/mol. The van der Waals surface area contributed by atoms with Gasteiger partial charge in [-0.05, 0) is 18.4 Å². The van der Waals surface area contributed by atoms with Gasteiger partial charge in [-0.2, -0.15) is 0 Å². The molecule has 2 atom stereocenters. The molecule has 0 bridgehead atoms. The van der Waals surface area contributed by atoms with E-state index < -0.39 is 5.60 Å². The van der Waals surface area contributed by atoms with Crippen molar-refractivity contribution in [1.29, 1.82) is 0 Å². The minimum Gasteiger partial charge on any atom is -0.385 e. The maximum atomic E-state index is 10.4. The number of nitrogens with zero attached hydrogens (tertiary/aromatic N) is 2. The summed E-state index contributed by atoms with van der Waals surface area (Å²) in [6, 6.07) is 1.99. The molecule has 3 heterocycles. The molecule has 0 aliphatic carbocycles. The maximum Gasteiger partial charge on any atom is 0.138 e. The highest BCUT2D eigenvalue weighted by atomic mass is 32.1. The number of hydrogen-bond acceptors (Lipinski definition) is 6. The van der Waals surface area contributed by atoms with Gasteiger partial charge in [-0.1, -0.05) is 0 Å². The zero-order chi connectivity index (χ0) is 12.6. The Morgan fingerprint density at radius 2 is 2.50 bits per heavy atom. The fourth-order valence-corrected chi connectivity index (χ4v) is 2.90. The van der Waals surface area contributed by atoms with Crippen LogP contribution in [0.1, 0.15) is 13.3 Å². The molecule has 1 fully saturated rings. The third kappa shape index (κ3) is 1.96. The van der Waals surface area contributed by atoms with E-state index in [0.29, 0.717) is 19.6 Å². The van der Waals surface area contributed by atoms with Gasteiger partial charge in [-0.15, -0.1) is 11.3 Å². The summed E-state index contributed by atoms with van der Waals surface area (Å²) >= 11 is 1.58. The zero-order valence-electron chi connectivity index (χ0n) is 10.1. The summed E-state index contributed by atoms with van der Waals surface area (Å²) in [7, 11) is 0. The topological polar surface area (TPSA) is 67.3 Å². The van der Waals surface area contributed by atoms with Crippen molar-refractivity contribution in [2.75, 3.05) is 18.5 Å². The highest BCUT2D eigenvalue weighted by Crippen LogP contribution is 2.28. The normalized spacial score (nSPS) is 27.8. The minimum absolute atomic E-state index is 0.148. The van der Waals surface area contributed by atoms with Gasteiger partial charge in [0, 0.05) is 19.6 Å². The standard InChI is InChI=1S/C12H15N3O2S/c1-8-12(16,3-4-17-8)6-13-10-9-2-5-18-11(9)15-7-14-10/h2,5,7-8,16H,3-4,6H2,1H3,(H,13,14,15).